The summed E-state index contributed by atoms with van der Waals surface area (Å²) in [4.78, 5) is 30.8. The maximum atomic E-state index is 12.7. The molecule has 1 aromatic heterocycles. The number of carbonyl (C=O) groups excluding carboxylic acids is 2. The van der Waals surface area contributed by atoms with E-state index in [1.807, 2.05) is 23.1 Å². The number of piperidine rings is 1. The van der Waals surface area contributed by atoms with E-state index >= 15 is 0 Å². The average molecular weight is 442 g/mol. The van der Waals surface area contributed by atoms with Gasteiger partial charge in [0.05, 0.1) is 17.8 Å². The predicted octanol–water partition coefficient (Wildman–Crippen LogP) is 5.65. The lowest BCUT2D eigenvalue weighted by molar-refractivity contribution is -0.126. The van der Waals surface area contributed by atoms with Crippen LogP contribution in [0.2, 0.25) is 0 Å². The minimum atomic E-state index is -0.0133. The smallest absolute Gasteiger partial charge is 0.246 e. The number of nitrogens with zero attached hydrogens (tertiary/aromatic N) is 1. The standard InChI is InChI=1S/C28H31N3O2/c1-28(2,3)19-9-11-23-20(16-19)21-17-25(32)29-24-10-7-18(15-22(24)27(21)30-23)8-12-26(33)31-13-5-4-6-14-31/h7-12,15-16,30H,4-6,13-14,17H2,1-3H3,(H,29,32)/b12-8+. The van der Waals surface area contributed by atoms with Crippen molar-refractivity contribution in [3.8, 4) is 11.3 Å². The van der Waals surface area contributed by atoms with Gasteiger partial charge in [-0.3, -0.25) is 9.59 Å². The quantitative estimate of drug-likeness (QED) is 0.505. The van der Waals surface area contributed by atoms with E-state index in [0.717, 1.165) is 64.9 Å². The highest BCUT2D eigenvalue weighted by molar-refractivity contribution is 6.05. The Morgan fingerprint density at radius 1 is 1.03 bits per heavy atom. The second kappa shape index (κ2) is 8.22. The third kappa shape index (κ3) is 4.20. The molecule has 170 valence electrons. The van der Waals surface area contributed by atoms with E-state index in [4.69, 9.17) is 0 Å². The molecule has 5 rings (SSSR count). The molecule has 0 radical (unpaired) electrons. The van der Waals surface area contributed by atoms with Crippen molar-refractivity contribution in [2.45, 2.75) is 51.9 Å². The number of aromatic nitrogens is 1. The molecule has 2 N–H and O–H groups in total. The Morgan fingerprint density at radius 3 is 2.58 bits per heavy atom. The summed E-state index contributed by atoms with van der Waals surface area (Å²) >= 11 is 0. The average Bonchev–Trinajstić information content (AvgIpc) is 3.08. The number of amides is 2. The highest BCUT2D eigenvalue weighted by atomic mass is 16.2. The molecule has 2 amide bonds. The molecule has 3 heterocycles. The molecule has 0 atom stereocenters. The second-order valence-electron chi connectivity index (χ2n) is 10.2. The van der Waals surface area contributed by atoms with Gasteiger partial charge in [-0.2, -0.15) is 0 Å². The van der Waals surface area contributed by atoms with Gasteiger partial charge in [-0.25, -0.2) is 0 Å². The molecular formula is C28H31N3O2. The molecule has 2 aliphatic rings. The van der Waals surface area contributed by atoms with Gasteiger partial charge >= 0.3 is 0 Å². The highest BCUT2D eigenvalue weighted by Gasteiger charge is 2.24. The van der Waals surface area contributed by atoms with E-state index in [0.29, 0.717) is 6.42 Å². The number of rotatable bonds is 2. The van der Waals surface area contributed by atoms with Crippen molar-refractivity contribution in [1.29, 1.82) is 0 Å². The minimum Gasteiger partial charge on any atom is -0.354 e. The van der Waals surface area contributed by atoms with E-state index in [9.17, 15) is 9.59 Å². The number of nitrogens with one attached hydrogen (secondary N) is 2. The van der Waals surface area contributed by atoms with E-state index in [1.165, 1.54) is 12.0 Å². The van der Waals surface area contributed by atoms with Crippen molar-refractivity contribution in [1.82, 2.24) is 9.88 Å². The lowest BCUT2D eigenvalue weighted by Crippen LogP contribution is -2.34. The number of H-pyrrole nitrogens is 1. The van der Waals surface area contributed by atoms with Crippen molar-refractivity contribution < 1.29 is 9.59 Å². The molecule has 0 spiro atoms. The van der Waals surface area contributed by atoms with Crippen LogP contribution in [-0.2, 0) is 21.4 Å². The Morgan fingerprint density at radius 2 is 1.82 bits per heavy atom. The Hall–Kier alpha value is -3.34. The Labute approximate surface area is 194 Å². The maximum Gasteiger partial charge on any atom is 0.246 e. The van der Waals surface area contributed by atoms with Gasteiger partial charge in [0.15, 0.2) is 0 Å². The third-order valence-electron chi connectivity index (χ3n) is 6.78. The fraction of sp³-hybridized carbons (Fsp3) is 0.357. The number of aromatic amines is 1. The van der Waals surface area contributed by atoms with Gasteiger partial charge in [-0.15, -0.1) is 0 Å². The van der Waals surface area contributed by atoms with Crippen LogP contribution < -0.4 is 5.32 Å². The molecule has 0 aliphatic carbocycles. The molecule has 2 aromatic carbocycles. The number of benzene rings is 2. The van der Waals surface area contributed by atoms with Gasteiger partial charge in [0, 0.05) is 35.6 Å². The Balaban J connectivity index is 1.54. The normalized spacial score (nSPS) is 16.5. The number of likely N-dealkylation sites (tertiary alicyclic amines) is 1. The molecule has 5 heteroatoms. The van der Waals surface area contributed by atoms with E-state index in [2.05, 4.69) is 55.3 Å². The molecule has 0 bridgehead atoms. The second-order valence-corrected chi connectivity index (χ2v) is 10.2. The first-order valence-corrected chi connectivity index (χ1v) is 11.9. The van der Waals surface area contributed by atoms with Crippen LogP contribution in [0.15, 0.2) is 42.5 Å². The zero-order valence-corrected chi connectivity index (χ0v) is 19.6. The summed E-state index contributed by atoms with van der Waals surface area (Å²) in [5.41, 5.74) is 7.00. The van der Waals surface area contributed by atoms with Crippen LogP contribution in [-0.4, -0.2) is 34.8 Å². The van der Waals surface area contributed by atoms with Crippen LogP contribution in [0.4, 0.5) is 5.69 Å². The Kier molecular flexibility index (Phi) is 5.35. The number of hydrogen-bond acceptors (Lipinski definition) is 2. The van der Waals surface area contributed by atoms with Crippen LogP contribution in [0.25, 0.3) is 28.2 Å². The van der Waals surface area contributed by atoms with E-state index in [1.54, 1.807) is 6.08 Å². The maximum absolute atomic E-state index is 12.7. The van der Waals surface area contributed by atoms with E-state index < -0.39 is 0 Å². The predicted molar refractivity (Wildman–Crippen MR) is 134 cm³/mol. The van der Waals surface area contributed by atoms with Gasteiger partial charge in [0.2, 0.25) is 11.8 Å². The highest BCUT2D eigenvalue weighted by Crippen LogP contribution is 2.39. The first kappa shape index (κ1) is 21.5. The molecule has 0 unspecified atom stereocenters. The summed E-state index contributed by atoms with van der Waals surface area (Å²) in [7, 11) is 0. The van der Waals surface area contributed by atoms with Gasteiger partial charge < -0.3 is 15.2 Å². The molecule has 5 nitrogen and oxygen atoms in total. The van der Waals surface area contributed by atoms with Gasteiger partial charge in [0.25, 0.3) is 0 Å². The summed E-state index contributed by atoms with van der Waals surface area (Å²) < 4.78 is 0. The molecule has 0 saturated carbocycles. The van der Waals surface area contributed by atoms with Crippen molar-refractivity contribution in [2.24, 2.45) is 0 Å². The molecule has 1 fully saturated rings. The molecule has 1 saturated heterocycles. The summed E-state index contributed by atoms with van der Waals surface area (Å²) in [6.07, 6.45) is 7.24. The van der Waals surface area contributed by atoms with Crippen molar-refractivity contribution in [2.75, 3.05) is 18.4 Å². The fourth-order valence-corrected chi connectivity index (χ4v) is 4.85. The first-order valence-electron chi connectivity index (χ1n) is 11.9. The molecule has 3 aromatic rings. The third-order valence-corrected chi connectivity index (χ3v) is 6.78. The van der Waals surface area contributed by atoms with Crippen LogP contribution in [0, 0.1) is 0 Å². The van der Waals surface area contributed by atoms with Crippen molar-refractivity contribution in [3.63, 3.8) is 0 Å². The molecule has 2 aliphatic heterocycles. The Bertz CT molecular complexity index is 1270. The summed E-state index contributed by atoms with van der Waals surface area (Å²) in [5.74, 6) is 0.0552. The lowest BCUT2D eigenvalue weighted by Gasteiger charge is -2.25. The van der Waals surface area contributed by atoms with Crippen LogP contribution in [0.1, 0.15) is 56.7 Å². The fourth-order valence-electron chi connectivity index (χ4n) is 4.85. The number of anilines is 1. The number of carbonyl (C=O) groups is 2. The van der Waals surface area contributed by atoms with Crippen LogP contribution in [0.3, 0.4) is 0 Å². The largest absolute Gasteiger partial charge is 0.354 e. The topological polar surface area (TPSA) is 65.2 Å². The van der Waals surface area contributed by atoms with E-state index in [-0.39, 0.29) is 17.2 Å². The van der Waals surface area contributed by atoms with Crippen molar-refractivity contribution >= 4 is 34.5 Å². The zero-order valence-electron chi connectivity index (χ0n) is 19.6. The summed E-state index contributed by atoms with van der Waals surface area (Å²) in [6.45, 7) is 8.28. The number of hydrogen-bond donors (Lipinski definition) is 2. The van der Waals surface area contributed by atoms with Crippen molar-refractivity contribution in [3.05, 3.63) is 59.2 Å². The SMILES string of the molecule is CC(C)(C)c1ccc2[nH]c3c(c2c1)CC(=O)Nc1ccc(/C=C/C(=O)N2CCCCC2)cc1-3. The summed E-state index contributed by atoms with van der Waals surface area (Å²) in [6, 6.07) is 12.4. The van der Waals surface area contributed by atoms with Crippen LogP contribution >= 0.6 is 0 Å². The monoisotopic (exact) mass is 441 g/mol. The summed E-state index contributed by atoms with van der Waals surface area (Å²) in [5, 5.41) is 4.15. The minimum absolute atomic E-state index is 0.0133. The van der Waals surface area contributed by atoms with Gasteiger partial charge in [0.1, 0.15) is 0 Å². The first-order chi connectivity index (χ1) is 15.8. The lowest BCUT2D eigenvalue weighted by atomic mass is 9.86. The van der Waals surface area contributed by atoms with Gasteiger partial charge in [-0.1, -0.05) is 32.9 Å². The zero-order chi connectivity index (χ0) is 23.2. The van der Waals surface area contributed by atoms with Gasteiger partial charge in [-0.05, 0) is 71.7 Å². The molecule has 33 heavy (non-hydrogen) atoms. The number of fused-ring (bicyclic) bond motifs is 5. The van der Waals surface area contributed by atoms with Crippen LogP contribution in [0.5, 0.6) is 0 Å². The molecular weight excluding hydrogens is 410 g/mol.